The van der Waals surface area contributed by atoms with Crippen molar-refractivity contribution in [2.24, 2.45) is 4.99 Å². The number of halogens is 1. The van der Waals surface area contributed by atoms with Crippen LogP contribution in [0.15, 0.2) is 34.2 Å². The van der Waals surface area contributed by atoms with E-state index in [1.165, 1.54) is 6.07 Å². The minimum Gasteiger partial charge on any atom is -0.232 e. The predicted octanol–water partition coefficient (Wildman–Crippen LogP) is 1.89. The van der Waals surface area contributed by atoms with Crippen LogP contribution in [-0.4, -0.2) is 18.1 Å². The zero-order valence-electron chi connectivity index (χ0n) is 7.31. The molecule has 0 N–H and O–H groups in total. The maximum absolute atomic E-state index is 11.7. The third-order valence-electron chi connectivity index (χ3n) is 1.89. The number of aliphatic imine (C=N–C) groups is 1. The second-order valence-corrected chi connectivity index (χ2v) is 5.14. The highest BCUT2D eigenvalue weighted by atomic mass is 35.5. The van der Waals surface area contributed by atoms with E-state index in [1.54, 1.807) is 25.1 Å². The highest BCUT2D eigenvalue weighted by Crippen LogP contribution is 2.32. The largest absolute Gasteiger partial charge is 0.281 e. The van der Waals surface area contributed by atoms with E-state index in [9.17, 15) is 8.42 Å². The third-order valence-corrected chi connectivity index (χ3v) is 4.27. The lowest BCUT2D eigenvalue weighted by Crippen LogP contribution is -2.29. The van der Waals surface area contributed by atoms with Crippen molar-refractivity contribution in [1.82, 2.24) is 3.82 Å². The Morgan fingerprint density at radius 2 is 2.00 bits per heavy atom. The average molecular weight is 231 g/mol. The zero-order chi connectivity index (χ0) is 10.3. The summed E-state index contributed by atoms with van der Waals surface area (Å²) in [4.78, 5) is 4.19. The van der Waals surface area contributed by atoms with Crippen LogP contribution in [0.25, 0.3) is 0 Å². The van der Waals surface area contributed by atoms with Crippen LogP contribution in [-0.2, 0) is 10.0 Å². The van der Waals surface area contributed by atoms with Gasteiger partial charge in [0.15, 0.2) is 0 Å². The normalized spacial score (nSPS) is 18.7. The number of amidine groups is 1. The molecule has 0 saturated heterocycles. The molecule has 1 heterocycles. The molecule has 0 aromatic heterocycles. The summed E-state index contributed by atoms with van der Waals surface area (Å²) in [6.45, 7) is 1.54. The van der Waals surface area contributed by atoms with Crippen molar-refractivity contribution < 1.29 is 8.42 Å². The summed E-state index contributed by atoms with van der Waals surface area (Å²) in [7, 11) is -3.60. The second-order valence-electron chi connectivity index (χ2n) is 2.85. The maximum atomic E-state index is 11.7. The van der Waals surface area contributed by atoms with E-state index in [0.717, 1.165) is 0 Å². The zero-order valence-corrected chi connectivity index (χ0v) is 8.88. The maximum Gasteiger partial charge on any atom is 0.281 e. The number of hydrogen-bond donors (Lipinski definition) is 0. The minimum absolute atomic E-state index is 0.139. The van der Waals surface area contributed by atoms with E-state index in [0.29, 0.717) is 9.51 Å². The highest BCUT2D eigenvalue weighted by molar-refractivity contribution is 7.90. The molecule has 1 aliphatic rings. The summed E-state index contributed by atoms with van der Waals surface area (Å²) in [5.41, 5.74) is 0.432. The Labute approximate surface area is 87.0 Å². The molecule has 1 aliphatic heterocycles. The van der Waals surface area contributed by atoms with Crippen LogP contribution in [0.1, 0.15) is 6.92 Å². The Balaban J connectivity index is 2.79. The van der Waals surface area contributed by atoms with Crippen LogP contribution in [0, 0.1) is 0 Å². The van der Waals surface area contributed by atoms with Gasteiger partial charge >= 0.3 is 0 Å². The molecule has 0 saturated carbocycles. The van der Waals surface area contributed by atoms with E-state index < -0.39 is 10.0 Å². The first-order valence-electron chi connectivity index (χ1n) is 3.89. The Hall–Kier alpha value is -1.07. The quantitative estimate of drug-likeness (QED) is 0.639. The molecule has 0 bridgehead atoms. The Morgan fingerprint density at radius 3 is 2.71 bits per heavy atom. The fraction of sp³-hybridized carbons (Fsp3) is 0.125. The summed E-state index contributed by atoms with van der Waals surface area (Å²) in [6.07, 6.45) is 0. The summed E-state index contributed by atoms with van der Waals surface area (Å²) in [5.74, 6) is 0.255. The number of sulfonamides is 1. The first-order valence-corrected chi connectivity index (χ1v) is 5.67. The Morgan fingerprint density at radius 1 is 1.36 bits per heavy atom. The lowest BCUT2D eigenvalue weighted by atomic mass is 10.3. The molecule has 74 valence electrons. The smallest absolute Gasteiger partial charge is 0.232 e. The van der Waals surface area contributed by atoms with Gasteiger partial charge in [0, 0.05) is 11.8 Å². The van der Waals surface area contributed by atoms with Crippen LogP contribution in [0.5, 0.6) is 0 Å². The van der Waals surface area contributed by atoms with Crippen molar-refractivity contribution in [2.45, 2.75) is 11.8 Å². The molecule has 0 unspecified atom stereocenters. The molecule has 0 atom stereocenters. The molecule has 6 heteroatoms. The van der Waals surface area contributed by atoms with E-state index in [4.69, 9.17) is 11.8 Å². The molecule has 0 spiro atoms. The molecule has 0 amide bonds. The summed E-state index contributed by atoms with van der Waals surface area (Å²) < 4.78 is 24.1. The molecular formula is C8H7ClN2O2S. The molecular weight excluding hydrogens is 224 g/mol. The number of benzene rings is 1. The van der Waals surface area contributed by atoms with Crippen molar-refractivity contribution in [3.63, 3.8) is 0 Å². The molecule has 14 heavy (non-hydrogen) atoms. The van der Waals surface area contributed by atoms with Gasteiger partial charge in [0.2, 0.25) is 0 Å². The highest BCUT2D eigenvalue weighted by Gasteiger charge is 2.30. The third kappa shape index (κ3) is 1.20. The first-order chi connectivity index (χ1) is 6.53. The second kappa shape index (κ2) is 2.96. The van der Waals surface area contributed by atoms with E-state index in [-0.39, 0.29) is 10.7 Å². The van der Waals surface area contributed by atoms with Crippen LogP contribution >= 0.6 is 11.8 Å². The molecule has 1 aromatic carbocycles. The summed E-state index contributed by atoms with van der Waals surface area (Å²) >= 11 is 5.60. The monoisotopic (exact) mass is 230 g/mol. The van der Waals surface area contributed by atoms with Crippen LogP contribution < -0.4 is 0 Å². The van der Waals surface area contributed by atoms with Gasteiger partial charge in [-0.1, -0.05) is 12.1 Å². The first kappa shape index (κ1) is 9.48. The van der Waals surface area contributed by atoms with Gasteiger partial charge in [0.25, 0.3) is 10.0 Å². The van der Waals surface area contributed by atoms with Gasteiger partial charge in [-0.15, -0.1) is 0 Å². The molecule has 4 nitrogen and oxygen atoms in total. The number of rotatable bonds is 0. The topological polar surface area (TPSA) is 49.7 Å². The Kier molecular flexibility index (Phi) is 2.01. The average Bonchev–Trinajstić information content (AvgIpc) is 2.15. The van der Waals surface area contributed by atoms with Crippen molar-refractivity contribution in [3.8, 4) is 0 Å². The van der Waals surface area contributed by atoms with Crippen LogP contribution in [0.4, 0.5) is 5.69 Å². The molecule has 0 fully saturated rings. The Bertz CT molecular complexity index is 510. The SMILES string of the molecule is CC1=Nc2ccccc2S(=O)(=O)N1Cl. The molecule has 1 aromatic rings. The lowest BCUT2D eigenvalue weighted by molar-refractivity contribution is 0.573. The van der Waals surface area contributed by atoms with Crippen molar-refractivity contribution >= 4 is 33.3 Å². The van der Waals surface area contributed by atoms with Gasteiger partial charge in [-0.3, -0.25) is 0 Å². The fourth-order valence-electron chi connectivity index (χ4n) is 1.24. The number of para-hydroxylation sites is 1. The van der Waals surface area contributed by atoms with Gasteiger partial charge in [-0.2, -0.15) is 12.2 Å². The van der Waals surface area contributed by atoms with Gasteiger partial charge < -0.3 is 0 Å². The van der Waals surface area contributed by atoms with Crippen LogP contribution in [0.3, 0.4) is 0 Å². The van der Waals surface area contributed by atoms with Gasteiger partial charge in [0.1, 0.15) is 10.7 Å². The predicted molar refractivity (Wildman–Crippen MR) is 54.1 cm³/mol. The van der Waals surface area contributed by atoms with Gasteiger partial charge in [-0.25, -0.2) is 4.99 Å². The van der Waals surface area contributed by atoms with E-state index in [1.807, 2.05) is 0 Å². The van der Waals surface area contributed by atoms with Crippen molar-refractivity contribution in [1.29, 1.82) is 0 Å². The molecule has 2 rings (SSSR count). The minimum atomic E-state index is -3.60. The van der Waals surface area contributed by atoms with Gasteiger partial charge in [-0.05, 0) is 19.1 Å². The molecule has 0 radical (unpaired) electrons. The van der Waals surface area contributed by atoms with Crippen molar-refractivity contribution in [3.05, 3.63) is 24.3 Å². The number of fused-ring (bicyclic) bond motifs is 1. The van der Waals surface area contributed by atoms with E-state index >= 15 is 0 Å². The number of hydrogen-bond acceptors (Lipinski definition) is 3. The summed E-state index contributed by atoms with van der Waals surface area (Å²) in [5, 5.41) is 0. The lowest BCUT2D eigenvalue weighted by Gasteiger charge is -2.21. The van der Waals surface area contributed by atoms with Crippen LogP contribution in [0.2, 0.25) is 0 Å². The molecule has 0 aliphatic carbocycles. The standard InChI is InChI=1S/C8H7ClN2O2S/c1-6-10-7-4-2-3-5-8(7)14(12,13)11(6)9/h2-5H,1H3. The summed E-state index contributed by atoms with van der Waals surface area (Å²) in [6, 6.07) is 6.49. The van der Waals surface area contributed by atoms with Crippen molar-refractivity contribution in [2.75, 3.05) is 0 Å². The van der Waals surface area contributed by atoms with Gasteiger partial charge in [0.05, 0.1) is 5.69 Å². The number of nitrogens with zero attached hydrogens (tertiary/aromatic N) is 2. The van der Waals surface area contributed by atoms with E-state index in [2.05, 4.69) is 4.99 Å². The fourth-order valence-corrected chi connectivity index (χ4v) is 2.69.